The Morgan fingerprint density at radius 3 is 2.82 bits per heavy atom. The molecule has 0 bridgehead atoms. The maximum atomic E-state index is 12.7. The van der Waals surface area contributed by atoms with Gasteiger partial charge in [-0.05, 0) is 6.07 Å². The number of hydrogen-bond acceptors (Lipinski definition) is 5. The molecule has 1 aromatic rings. The van der Waals surface area contributed by atoms with Gasteiger partial charge in [-0.3, -0.25) is 0 Å². The highest BCUT2D eigenvalue weighted by Crippen LogP contribution is 2.28. The molecule has 1 fully saturated rings. The number of carboxylic acids is 1. The van der Waals surface area contributed by atoms with Gasteiger partial charge in [-0.15, -0.1) is 0 Å². The summed E-state index contributed by atoms with van der Waals surface area (Å²) in [6.07, 6.45) is -2.66. The number of quaternary nitrogens is 1. The lowest BCUT2D eigenvalue weighted by molar-refractivity contribution is -0.897. The number of carbonyl (C=O) groups excluding carboxylic acids is 1. The first kappa shape index (κ1) is 16.5. The summed E-state index contributed by atoms with van der Waals surface area (Å²) < 4.78 is 38.0. The van der Waals surface area contributed by atoms with Crippen LogP contribution in [0.25, 0.3) is 0 Å². The largest absolute Gasteiger partial charge is 0.550 e. The van der Waals surface area contributed by atoms with Crippen molar-refractivity contribution < 1.29 is 28.0 Å². The first-order valence-corrected chi connectivity index (χ1v) is 7.05. The first-order chi connectivity index (χ1) is 10.4. The lowest BCUT2D eigenvalue weighted by atomic mass is 10.3. The van der Waals surface area contributed by atoms with Crippen molar-refractivity contribution >= 4 is 11.9 Å². The molecule has 0 spiro atoms. The molecule has 0 saturated carbocycles. The standard InChI is InChI=1S/C13H17F3N4O2/c14-13(15,16)10-2-4-17-12(18-10)20-6-1-5-19(8-9-20)7-3-11(21)22/h2,4H,1,3,5-9H2,(H,21,22). The fourth-order valence-corrected chi connectivity index (χ4v) is 2.44. The fraction of sp³-hybridized carbons (Fsp3) is 0.615. The summed E-state index contributed by atoms with van der Waals surface area (Å²) in [5.41, 5.74) is -0.956. The summed E-state index contributed by atoms with van der Waals surface area (Å²) in [5.74, 6) is -1.02. The van der Waals surface area contributed by atoms with Gasteiger partial charge in [0.25, 0.3) is 0 Å². The summed E-state index contributed by atoms with van der Waals surface area (Å²) in [5, 5.41) is 10.5. The van der Waals surface area contributed by atoms with Crippen molar-refractivity contribution in [2.75, 3.05) is 37.6 Å². The molecule has 22 heavy (non-hydrogen) atoms. The predicted molar refractivity (Wildman–Crippen MR) is 69.1 cm³/mol. The smallest absolute Gasteiger partial charge is 0.433 e. The molecule has 1 unspecified atom stereocenters. The average molecular weight is 318 g/mol. The van der Waals surface area contributed by atoms with Gasteiger partial charge >= 0.3 is 6.18 Å². The number of rotatable bonds is 4. The fourth-order valence-electron chi connectivity index (χ4n) is 2.44. The molecule has 6 nitrogen and oxygen atoms in total. The molecular weight excluding hydrogens is 301 g/mol. The van der Waals surface area contributed by atoms with Crippen molar-refractivity contribution in [1.82, 2.24) is 9.97 Å². The van der Waals surface area contributed by atoms with E-state index in [1.54, 1.807) is 4.90 Å². The summed E-state index contributed by atoms with van der Waals surface area (Å²) >= 11 is 0. The van der Waals surface area contributed by atoms with Crippen LogP contribution in [0.1, 0.15) is 18.5 Å². The van der Waals surface area contributed by atoms with Crippen LogP contribution in [0.15, 0.2) is 12.3 Å². The Hall–Kier alpha value is -1.90. The van der Waals surface area contributed by atoms with Gasteiger partial charge in [-0.2, -0.15) is 13.2 Å². The van der Waals surface area contributed by atoms with E-state index in [1.165, 1.54) is 0 Å². The van der Waals surface area contributed by atoms with Gasteiger partial charge in [0.1, 0.15) is 5.69 Å². The molecule has 122 valence electrons. The van der Waals surface area contributed by atoms with Crippen molar-refractivity contribution in [3.63, 3.8) is 0 Å². The number of anilines is 1. The Bertz CT molecular complexity index is 524. The Kier molecular flexibility index (Phi) is 5.17. The van der Waals surface area contributed by atoms with E-state index in [1.807, 2.05) is 0 Å². The van der Waals surface area contributed by atoms with Crippen molar-refractivity contribution in [3.05, 3.63) is 18.0 Å². The number of hydrogen-bond donors (Lipinski definition) is 1. The molecule has 0 aliphatic carbocycles. The van der Waals surface area contributed by atoms with Crippen LogP contribution >= 0.6 is 0 Å². The number of nitrogens with zero attached hydrogens (tertiary/aromatic N) is 3. The van der Waals surface area contributed by atoms with E-state index in [0.29, 0.717) is 26.2 Å². The molecule has 1 saturated heterocycles. The summed E-state index contributed by atoms with van der Waals surface area (Å²) in [6, 6.07) is 0.846. The van der Waals surface area contributed by atoms with Crippen LogP contribution in [-0.4, -0.2) is 48.7 Å². The number of carboxylic acid groups (broad SMARTS) is 1. The first-order valence-electron chi connectivity index (χ1n) is 7.05. The van der Waals surface area contributed by atoms with Crippen LogP contribution in [0.5, 0.6) is 0 Å². The topological polar surface area (TPSA) is 73.6 Å². The minimum atomic E-state index is -4.49. The van der Waals surface area contributed by atoms with Gasteiger partial charge in [0, 0.05) is 31.6 Å². The highest BCUT2D eigenvalue weighted by molar-refractivity contribution is 5.64. The summed E-state index contributed by atoms with van der Waals surface area (Å²) in [4.78, 5) is 20.8. The van der Waals surface area contributed by atoms with Crippen molar-refractivity contribution in [2.24, 2.45) is 0 Å². The Labute approximate surface area is 125 Å². The Balaban J connectivity index is 2.00. The quantitative estimate of drug-likeness (QED) is 0.749. The molecule has 0 aromatic carbocycles. The van der Waals surface area contributed by atoms with Crippen molar-refractivity contribution in [2.45, 2.75) is 19.0 Å². The third-order valence-corrected chi connectivity index (χ3v) is 3.59. The SMILES string of the molecule is O=C([O-])CC[NH+]1CCCN(c2nccc(C(F)(F)F)n2)CC1. The second kappa shape index (κ2) is 6.91. The van der Waals surface area contributed by atoms with E-state index < -0.39 is 17.8 Å². The van der Waals surface area contributed by atoms with E-state index in [0.717, 1.165) is 30.1 Å². The summed E-state index contributed by atoms with van der Waals surface area (Å²) in [7, 11) is 0. The molecule has 1 aromatic heterocycles. The molecule has 0 amide bonds. The molecule has 2 heterocycles. The lowest BCUT2D eigenvalue weighted by Gasteiger charge is -2.20. The minimum Gasteiger partial charge on any atom is -0.550 e. The van der Waals surface area contributed by atoms with Crippen molar-refractivity contribution in [1.29, 1.82) is 0 Å². The van der Waals surface area contributed by atoms with Crippen LogP contribution in [0.2, 0.25) is 0 Å². The van der Waals surface area contributed by atoms with Gasteiger partial charge < -0.3 is 19.7 Å². The van der Waals surface area contributed by atoms with Gasteiger partial charge in [0.15, 0.2) is 0 Å². The van der Waals surface area contributed by atoms with Crippen LogP contribution in [0.3, 0.4) is 0 Å². The van der Waals surface area contributed by atoms with E-state index in [-0.39, 0.29) is 12.4 Å². The number of aliphatic carboxylic acids is 1. The van der Waals surface area contributed by atoms with E-state index in [9.17, 15) is 23.1 Å². The third kappa shape index (κ3) is 4.55. The van der Waals surface area contributed by atoms with E-state index in [4.69, 9.17) is 0 Å². The Morgan fingerprint density at radius 2 is 2.14 bits per heavy atom. The van der Waals surface area contributed by atoms with Gasteiger partial charge in [0.05, 0.1) is 26.2 Å². The number of nitrogens with one attached hydrogen (secondary N) is 1. The monoisotopic (exact) mass is 318 g/mol. The van der Waals surface area contributed by atoms with Gasteiger partial charge in [0.2, 0.25) is 5.95 Å². The van der Waals surface area contributed by atoms with E-state index in [2.05, 4.69) is 9.97 Å². The Morgan fingerprint density at radius 1 is 1.36 bits per heavy atom. The second-order valence-electron chi connectivity index (χ2n) is 5.20. The lowest BCUT2D eigenvalue weighted by Crippen LogP contribution is -3.12. The molecule has 1 N–H and O–H groups in total. The zero-order valence-corrected chi connectivity index (χ0v) is 11.9. The minimum absolute atomic E-state index is 0.0185. The maximum absolute atomic E-state index is 12.7. The van der Waals surface area contributed by atoms with Crippen LogP contribution in [-0.2, 0) is 11.0 Å². The van der Waals surface area contributed by atoms with E-state index >= 15 is 0 Å². The van der Waals surface area contributed by atoms with Gasteiger partial charge in [-0.1, -0.05) is 0 Å². The average Bonchev–Trinajstić information content (AvgIpc) is 2.70. The summed E-state index contributed by atoms with van der Waals surface area (Å²) in [6.45, 7) is 2.90. The number of carbonyl (C=O) groups is 1. The molecular formula is C13H17F3N4O2. The predicted octanol–water partition coefficient (Wildman–Crippen LogP) is -1.27. The van der Waals surface area contributed by atoms with Crippen LogP contribution in [0, 0.1) is 0 Å². The van der Waals surface area contributed by atoms with Crippen molar-refractivity contribution in [3.8, 4) is 0 Å². The third-order valence-electron chi connectivity index (χ3n) is 3.59. The maximum Gasteiger partial charge on any atom is 0.433 e. The van der Waals surface area contributed by atoms with Crippen LogP contribution in [0.4, 0.5) is 19.1 Å². The zero-order chi connectivity index (χ0) is 16.2. The number of halogens is 3. The molecule has 0 radical (unpaired) electrons. The number of aromatic nitrogens is 2. The molecule has 1 aliphatic rings. The van der Waals surface area contributed by atoms with Gasteiger partial charge in [-0.25, -0.2) is 9.97 Å². The zero-order valence-electron chi connectivity index (χ0n) is 11.9. The normalized spacial score (nSPS) is 19.8. The highest BCUT2D eigenvalue weighted by atomic mass is 19.4. The molecule has 9 heteroatoms. The molecule has 1 aliphatic heterocycles. The highest BCUT2D eigenvalue weighted by Gasteiger charge is 2.33. The number of alkyl halides is 3. The molecule has 1 atom stereocenters. The van der Waals surface area contributed by atoms with Crippen LogP contribution < -0.4 is 14.9 Å². The second-order valence-corrected chi connectivity index (χ2v) is 5.20. The molecule has 2 rings (SSSR count).